The van der Waals surface area contributed by atoms with E-state index in [4.69, 9.17) is 18.7 Å². The van der Waals surface area contributed by atoms with Gasteiger partial charge in [-0.1, -0.05) is 127 Å². The summed E-state index contributed by atoms with van der Waals surface area (Å²) in [6.45, 7) is 17.4. The molecule has 2 N–H and O–H groups in total. The molecular formula is C45H65FeNO3P2PdS. The number of rotatable bonds is 6. The standard InChI is InChI=1S/C27H47P2.C12H10N.C5H5.CH4O3S.Fe.Pd/c1-21(29(26(2,3)4)27(5,6)7)22-18-19-25(20-22)28(23-14-10-8-11-15-23)24-16-12-9-13-17-24;13-12-9-5-4-8-11(12)10-6-2-1-3-7-10;1-2-4-5-3-1;1-5(2,3)4;;/h18-21,23-24H,8-17H2,1-7H3;1-6,8-9H,13H2;1-5H;1H3,(H,2,3,4);;/q;-1;;;;+2/p-1/t21-;;;;;/m1...../s1. The molecule has 0 bridgehead atoms. The summed E-state index contributed by atoms with van der Waals surface area (Å²) >= 11 is 0. The van der Waals surface area contributed by atoms with Crippen LogP contribution in [0.25, 0.3) is 11.1 Å². The van der Waals surface area contributed by atoms with Crippen LogP contribution in [0.15, 0.2) is 48.5 Å². The Morgan fingerprint density at radius 3 is 1.61 bits per heavy atom. The van der Waals surface area contributed by atoms with Gasteiger partial charge in [-0.2, -0.15) is 0 Å². The van der Waals surface area contributed by atoms with E-state index in [1.165, 1.54) is 64.2 Å². The fourth-order valence-corrected chi connectivity index (χ4v) is 16.9. The maximum Gasteiger partial charge on any atom is 2.00 e. The Morgan fingerprint density at radius 2 is 1.20 bits per heavy atom. The molecule has 2 aromatic rings. The van der Waals surface area contributed by atoms with Crippen LogP contribution in [0.3, 0.4) is 0 Å². The Bertz CT molecular complexity index is 1340. The monoisotopic (exact) mass is 923 g/mol. The summed E-state index contributed by atoms with van der Waals surface area (Å²) in [6.07, 6.45) is 33.4. The number of hydrogen-bond donors (Lipinski definition) is 1. The Labute approximate surface area is 360 Å². The maximum absolute atomic E-state index is 9.08. The predicted molar refractivity (Wildman–Crippen MR) is 228 cm³/mol. The van der Waals surface area contributed by atoms with Crippen molar-refractivity contribution < 1.29 is 50.5 Å². The molecule has 4 aliphatic carbocycles. The van der Waals surface area contributed by atoms with Crippen LogP contribution in [0, 0.1) is 69.0 Å². The fraction of sp³-hybridized carbons (Fsp3) is 0.511. The third-order valence-corrected chi connectivity index (χ3v) is 17.3. The molecule has 1 atom stereocenters. The molecule has 0 unspecified atom stereocenters. The van der Waals surface area contributed by atoms with Crippen molar-refractivity contribution in [2.24, 2.45) is 0 Å². The van der Waals surface area contributed by atoms with Crippen LogP contribution in [-0.2, 0) is 47.6 Å². The van der Waals surface area contributed by atoms with Crippen molar-refractivity contribution in [1.82, 2.24) is 0 Å². The Balaban J connectivity index is 0.000000477. The van der Waals surface area contributed by atoms with Crippen molar-refractivity contribution in [3.05, 3.63) is 118 Å². The van der Waals surface area contributed by atoms with E-state index in [0.29, 0.717) is 22.2 Å². The van der Waals surface area contributed by atoms with Gasteiger partial charge in [-0.15, -0.1) is 35.9 Å². The van der Waals surface area contributed by atoms with Crippen LogP contribution >= 0.6 is 15.8 Å². The van der Waals surface area contributed by atoms with E-state index in [2.05, 4.69) is 73.8 Å². The van der Waals surface area contributed by atoms with Crippen molar-refractivity contribution in [1.29, 1.82) is 0 Å². The summed E-state index contributed by atoms with van der Waals surface area (Å²) in [6, 6.07) is 18.8. The summed E-state index contributed by atoms with van der Waals surface area (Å²) in [5.74, 6) is 1.65. The predicted octanol–water partition coefficient (Wildman–Crippen LogP) is 12.2. The first kappa shape index (κ1) is 52.2. The van der Waals surface area contributed by atoms with E-state index in [-0.39, 0.29) is 53.3 Å². The zero-order chi connectivity index (χ0) is 38.4. The smallest absolute Gasteiger partial charge is 0.748 e. The summed E-state index contributed by atoms with van der Waals surface area (Å²) in [5.41, 5.74) is 13.2. The van der Waals surface area contributed by atoms with Gasteiger partial charge in [0.1, 0.15) is 0 Å². The number of nitrogen functional groups attached to an aromatic ring is 1. The third kappa shape index (κ3) is 18.8. The van der Waals surface area contributed by atoms with Crippen molar-refractivity contribution in [2.45, 2.75) is 140 Å². The molecule has 4 fully saturated rings. The van der Waals surface area contributed by atoms with Gasteiger partial charge in [0, 0.05) is 29.0 Å². The van der Waals surface area contributed by atoms with Gasteiger partial charge in [0.05, 0.1) is 10.1 Å². The topological polar surface area (TPSA) is 83.2 Å². The van der Waals surface area contributed by atoms with Gasteiger partial charge in [-0.25, -0.2) is 8.42 Å². The second kappa shape index (κ2) is 25.6. The molecule has 9 heteroatoms. The van der Waals surface area contributed by atoms with E-state index < -0.39 is 10.1 Å². The molecule has 0 amide bonds. The van der Waals surface area contributed by atoms with E-state index >= 15 is 0 Å². The van der Waals surface area contributed by atoms with Crippen molar-refractivity contribution in [2.75, 3.05) is 12.0 Å². The molecule has 4 saturated carbocycles. The van der Waals surface area contributed by atoms with Crippen molar-refractivity contribution >= 4 is 31.6 Å². The molecule has 0 aromatic heterocycles. The number of nitrogens with two attached hydrogens (primary N) is 1. The third-order valence-electron chi connectivity index (χ3n) is 9.83. The summed E-state index contributed by atoms with van der Waals surface area (Å²) in [5, 5.41) is 0.782. The van der Waals surface area contributed by atoms with Gasteiger partial charge in [0.2, 0.25) is 0 Å². The first-order valence-electron chi connectivity index (χ1n) is 19.2. The Kier molecular flexibility index (Phi) is 24.8. The molecule has 0 spiro atoms. The summed E-state index contributed by atoms with van der Waals surface area (Å²) in [4.78, 5) is 0. The first-order chi connectivity index (χ1) is 24.5. The average molecular weight is 924 g/mol. The van der Waals surface area contributed by atoms with Gasteiger partial charge in [0.25, 0.3) is 0 Å². The second-order valence-electron chi connectivity index (χ2n) is 16.3. The van der Waals surface area contributed by atoms with Crippen LogP contribution in [0.5, 0.6) is 0 Å². The van der Waals surface area contributed by atoms with Crippen LogP contribution in [0.4, 0.5) is 5.69 Å². The maximum atomic E-state index is 9.08. The fourth-order valence-electron chi connectivity index (χ4n) is 8.25. The van der Waals surface area contributed by atoms with E-state index in [1.54, 1.807) is 11.6 Å². The molecular weight excluding hydrogens is 859 g/mol. The Hall–Kier alpha value is 0.192. The van der Waals surface area contributed by atoms with Crippen LogP contribution in [0.2, 0.25) is 0 Å². The average Bonchev–Trinajstić information content (AvgIpc) is 3.82. The van der Waals surface area contributed by atoms with E-state index in [0.717, 1.165) is 28.1 Å². The molecule has 6 rings (SSSR count). The Morgan fingerprint density at radius 1 is 0.759 bits per heavy atom. The van der Waals surface area contributed by atoms with Gasteiger partial charge >= 0.3 is 20.4 Å². The zero-order valence-corrected chi connectivity index (χ0v) is 39.1. The number of hydrogen-bond acceptors (Lipinski definition) is 4. The zero-order valence-electron chi connectivity index (χ0n) is 33.8. The van der Waals surface area contributed by atoms with Crippen LogP contribution in [-0.4, -0.2) is 46.5 Å². The van der Waals surface area contributed by atoms with E-state index in [1.807, 2.05) is 80.6 Å². The molecule has 10 radical (unpaired) electrons. The SMILES string of the molecule is CS(=O)(=O)[O-].C[C@H]([C]1[CH][CH][C](P(C2CCCCC2)C2CCCCC2)[CH]1)P(C(C)(C)C)C(C)(C)C.Nc1ccccc1-c1[c-]cccc1.[CH]1[CH][CH][CH][CH]1.[Fe].[Pd+2]. The molecule has 2 aromatic carbocycles. The second-order valence-corrected chi connectivity index (χ2v) is 24.7. The molecule has 4 nitrogen and oxygen atoms in total. The van der Waals surface area contributed by atoms with E-state index in [9.17, 15) is 0 Å². The van der Waals surface area contributed by atoms with Gasteiger partial charge in [0.15, 0.2) is 0 Å². The molecule has 0 heterocycles. The van der Waals surface area contributed by atoms with Gasteiger partial charge in [-0.3, -0.25) is 0 Å². The summed E-state index contributed by atoms with van der Waals surface area (Å²) < 4.78 is 27.2. The largest absolute Gasteiger partial charge is 2.00 e. The number of para-hydroxylation sites is 1. The quantitative estimate of drug-likeness (QED) is 0.103. The van der Waals surface area contributed by atoms with Crippen molar-refractivity contribution in [3.8, 4) is 11.1 Å². The molecule has 0 saturated heterocycles. The minimum atomic E-state index is -3.92. The first-order valence-corrected chi connectivity index (χ1v) is 23.9. The van der Waals surface area contributed by atoms with Gasteiger partial charge < -0.3 is 10.3 Å². The number of anilines is 1. The normalized spacial score (nSPS) is 19.6. The molecule has 4 aliphatic rings. The minimum Gasteiger partial charge on any atom is -0.748 e. The van der Waals surface area contributed by atoms with Crippen LogP contribution < -0.4 is 5.73 Å². The van der Waals surface area contributed by atoms with Gasteiger partial charge in [-0.05, 0) is 122 Å². The molecule has 54 heavy (non-hydrogen) atoms. The minimum absolute atomic E-state index is 0. The molecule has 302 valence electrons. The number of benzene rings is 2. The van der Waals surface area contributed by atoms with Crippen LogP contribution in [0.1, 0.15) is 113 Å². The molecule has 0 aliphatic heterocycles. The summed E-state index contributed by atoms with van der Waals surface area (Å²) in [7, 11) is -3.99. The van der Waals surface area contributed by atoms with Crippen molar-refractivity contribution in [3.63, 3.8) is 0 Å².